The lowest BCUT2D eigenvalue weighted by Crippen LogP contribution is -2.43. The third kappa shape index (κ3) is 5.23. The van der Waals surface area contributed by atoms with Crippen molar-refractivity contribution in [3.63, 3.8) is 0 Å². The van der Waals surface area contributed by atoms with Gasteiger partial charge in [-0.05, 0) is 31.9 Å². The summed E-state index contributed by atoms with van der Waals surface area (Å²) < 4.78 is 18.4. The lowest BCUT2D eigenvalue weighted by atomic mass is 9.98. The largest absolute Gasteiger partial charge is 0.492 e. The predicted molar refractivity (Wildman–Crippen MR) is 80.1 cm³/mol. The van der Waals surface area contributed by atoms with Gasteiger partial charge in [-0.2, -0.15) is 0 Å². The fourth-order valence-electron chi connectivity index (χ4n) is 1.79. The molecule has 0 unspecified atom stereocenters. The molecule has 6 heteroatoms. The van der Waals surface area contributed by atoms with Gasteiger partial charge in [0.1, 0.15) is 11.6 Å². The van der Waals surface area contributed by atoms with Crippen molar-refractivity contribution in [2.45, 2.75) is 39.2 Å². The minimum atomic E-state index is -0.914. The molecule has 0 aromatic heterocycles. The number of carbonyl (C=O) groups excluding carboxylic acids is 1. The maximum absolute atomic E-state index is 13.2. The molecule has 118 valence electrons. The average molecular weight is 298 g/mol. The number of nitrogens with one attached hydrogen (secondary N) is 2. The second-order valence-corrected chi connectivity index (χ2v) is 4.81. The Bertz CT molecular complexity index is 476. The molecule has 0 aliphatic carbocycles. The molecule has 0 radical (unpaired) electrons. The number of urea groups is 1. The van der Waals surface area contributed by atoms with Gasteiger partial charge in [0.2, 0.25) is 0 Å². The maximum atomic E-state index is 13.2. The molecule has 0 heterocycles. The molecule has 0 atom stereocenters. The first-order valence-electron chi connectivity index (χ1n) is 7.13. The van der Waals surface area contributed by atoms with Gasteiger partial charge >= 0.3 is 6.03 Å². The van der Waals surface area contributed by atoms with Crippen LogP contribution in [0.2, 0.25) is 0 Å². The monoisotopic (exact) mass is 298 g/mol. The summed E-state index contributed by atoms with van der Waals surface area (Å²) in [7, 11) is 0. The van der Waals surface area contributed by atoms with E-state index in [1.165, 1.54) is 18.2 Å². The minimum Gasteiger partial charge on any atom is -0.492 e. The number of anilines is 1. The third-order valence-corrected chi connectivity index (χ3v) is 3.39. The summed E-state index contributed by atoms with van der Waals surface area (Å²) in [6, 6.07) is 3.43. The number of hydrogen-bond donors (Lipinski definition) is 3. The summed E-state index contributed by atoms with van der Waals surface area (Å²) >= 11 is 0. The van der Waals surface area contributed by atoms with Crippen LogP contribution in [-0.4, -0.2) is 29.9 Å². The Balaban J connectivity index is 2.66. The lowest BCUT2D eigenvalue weighted by molar-refractivity contribution is 0.0354. The van der Waals surface area contributed by atoms with Crippen molar-refractivity contribution in [2.75, 3.05) is 18.5 Å². The van der Waals surface area contributed by atoms with Gasteiger partial charge in [-0.25, -0.2) is 9.18 Å². The standard InChI is InChI=1S/C15H23FN2O3/c1-4-15(20,5-2)10-17-14(19)18-12-8-7-11(16)9-13(12)21-6-3/h7-9,20H,4-6,10H2,1-3H3,(H2,17,18,19). The number of hydrogen-bond acceptors (Lipinski definition) is 3. The molecular weight excluding hydrogens is 275 g/mol. The van der Waals surface area contributed by atoms with Crippen LogP contribution in [0.3, 0.4) is 0 Å². The molecule has 1 rings (SSSR count). The van der Waals surface area contributed by atoms with E-state index < -0.39 is 17.4 Å². The molecular formula is C15H23FN2O3. The first kappa shape index (κ1) is 17.2. The van der Waals surface area contributed by atoms with E-state index in [-0.39, 0.29) is 12.3 Å². The van der Waals surface area contributed by atoms with Crippen molar-refractivity contribution in [1.82, 2.24) is 5.32 Å². The topological polar surface area (TPSA) is 70.6 Å². The van der Waals surface area contributed by atoms with Gasteiger partial charge < -0.3 is 20.5 Å². The van der Waals surface area contributed by atoms with E-state index in [1.807, 2.05) is 13.8 Å². The Morgan fingerprint density at radius 1 is 1.33 bits per heavy atom. The third-order valence-electron chi connectivity index (χ3n) is 3.39. The predicted octanol–water partition coefficient (Wildman–Crippen LogP) is 2.90. The molecule has 0 aliphatic rings. The SMILES string of the molecule is CCOc1cc(F)ccc1NC(=O)NCC(O)(CC)CC. The number of amides is 2. The van der Waals surface area contributed by atoms with E-state index in [1.54, 1.807) is 6.92 Å². The van der Waals surface area contributed by atoms with Gasteiger partial charge in [0.05, 0.1) is 17.9 Å². The van der Waals surface area contributed by atoms with E-state index >= 15 is 0 Å². The molecule has 21 heavy (non-hydrogen) atoms. The van der Waals surface area contributed by atoms with Gasteiger partial charge in [-0.15, -0.1) is 0 Å². The lowest BCUT2D eigenvalue weighted by Gasteiger charge is -2.25. The van der Waals surface area contributed by atoms with E-state index in [2.05, 4.69) is 10.6 Å². The first-order valence-corrected chi connectivity index (χ1v) is 7.13. The molecule has 3 N–H and O–H groups in total. The van der Waals surface area contributed by atoms with Gasteiger partial charge in [0.25, 0.3) is 0 Å². The van der Waals surface area contributed by atoms with Crippen LogP contribution in [0.15, 0.2) is 18.2 Å². The Hall–Kier alpha value is -1.82. The van der Waals surface area contributed by atoms with Crippen molar-refractivity contribution in [2.24, 2.45) is 0 Å². The van der Waals surface area contributed by atoms with Gasteiger partial charge in [0.15, 0.2) is 0 Å². The minimum absolute atomic E-state index is 0.150. The highest BCUT2D eigenvalue weighted by Crippen LogP contribution is 2.25. The molecule has 1 aromatic carbocycles. The van der Waals surface area contributed by atoms with Crippen LogP contribution in [0.5, 0.6) is 5.75 Å². The summed E-state index contributed by atoms with van der Waals surface area (Å²) in [5.41, 5.74) is -0.532. The molecule has 2 amide bonds. The number of halogens is 1. The van der Waals surface area contributed by atoms with Crippen LogP contribution >= 0.6 is 0 Å². The molecule has 0 saturated heterocycles. The average Bonchev–Trinajstić information content (AvgIpc) is 2.48. The number of ether oxygens (including phenoxy) is 1. The highest BCUT2D eigenvalue weighted by Gasteiger charge is 2.22. The van der Waals surface area contributed by atoms with Crippen LogP contribution in [-0.2, 0) is 0 Å². The molecule has 0 aliphatic heterocycles. The van der Waals surface area contributed by atoms with Crippen molar-refractivity contribution in [1.29, 1.82) is 0 Å². The Labute approximate surface area is 124 Å². The number of carbonyl (C=O) groups is 1. The first-order chi connectivity index (χ1) is 9.94. The van der Waals surface area contributed by atoms with E-state index in [9.17, 15) is 14.3 Å². The van der Waals surface area contributed by atoms with Gasteiger partial charge in [-0.1, -0.05) is 13.8 Å². The molecule has 1 aromatic rings. The Kier molecular flexibility index (Phi) is 6.42. The zero-order valence-electron chi connectivity index (χ0n) is 12.7. The van der Waals surface area contributed by atoms with Crippen LogP contribution in [0.1, 0.15) is 33.6 Å². The summed E-state index contributed by atoms with van der Waals surface area (Å²) in [5, 5.41) is 15.3. The normalized spacial score (nSPS) is 11.1. The fraction of sp³-hybridized carbons (Fsp3) is 0.533. The smallest absolute Gasteiger partial charge is 0.319 e. The van der Waals surface area contributed by atoms with Gasteiger partial charge in [0, 0.05) is 12.6 Å². The second-order valence-electron chi connectivity index (χ2n) is 4.81. The summed E-state index contributed by atoms with van der Waals surface area (Å²) in [5.74, 6) is -0.162. The summed E-state index contributed by atoms with van der Waals surface area (Å²) in [6.07, 6.45) is 1.09. The van der Waals surface area contributed by atoms with E-state index in [0.717, 1.165) is 0 Å². The molecule has 5 nitrogen and oxygen atoms in total. The molecule has 0 bridgehead atoms. The van der Waals surface area contributed by atoms with Crippen molar-refractivity contribution in [3.05, 3.63) is 24.0 Å². The Morgan fingerprint density at radius 3 is 2.57 bits per heavy atom. The van der Waals surface area contributed by atoms with Crippen molar-refractivity contribution >= 4 is 11.7 Å². The highest BCUT2D eigenvalue weighted by atomic mass is 19.1. The number of rotatable bonds is 7. The van der Waals surface area contributed by atoms with Crippen LogP contribution in [0, 0.1) is 5.82 Å². The molecule has 0 fully saturated rings. The van der Waals surface area contributed by atoms with Gasteiger partial charge in [-0.3, -0.25) is 0 Å². The fourth-order valence-corrected chi connectivity index (χ4v) is 1.79. The van der Waals surface area contributed by atoms with Crippen molar-refractivity contribution in [3.8, 4) is 5.75 Å². The summed E-state index contributed by atoms with van der Waals surface area (Å²) in [4.78, 5) is 11.8. The van der Waals surface area contributed by atoms with Crippen molar-refractivity contribution < 1.29 is 19.0 Å². The number of aliphatic hydroxyl groups is 1. The molecule has 0 spiro atoms. The highest BCUT2D eigenvalue weighted by molar-refractivity contribution is 5.90. The van der Waals surface area contributed by atoms with Crippen LogP contribution < -0.4 is 15.4 Å². The molecule has 0 saturated carbocycles. The quantitative estimate of drug-likeness (QED) is 0.725. The van der Waals surface area contributed by atoms with Crippen LogP contribution in [0.4, 0.5) is 14.9 Å². The number of benzene rings is 1. The summed E-state index contributed by atoms with van der Waals surface area (Å²) in [6.45, 7) is 6.01. The van der Waals surface area contributed by atoms with E-state index in [4.69, 9.17) is 4.74 Å². The maximum Gasteiger partial charge on any atom is 0.319 e. The van der Waals surface area contributed by atoms with Crippen LogP contribution in [0.25, 0.3) is 0 Å². The van der Waals surface area contributed by atoms with E-state index in [0.29, 0.717) is 25.1 Å². The Morgan fingerprint density at radius 2 is 2.00 bits per heavy atom. The zero-order valence-corrected chi connectivity index (χ0v) is 12.7. The zero-order chi connectivity index (χ0) is 15.9. The second kappa shape index (κ2) is 7.83.